The van der Waals surface area contributed by atoms with Crippen molar-refractivity contribution in [2.45, 2.75) is 38.8 Å². The summed E-state index contributed by atoms with van der Waals surface area (Å²) in [4.78, 5) is 37.3. The summed E-state index contributed by atoms with van der Waals surface area (Å²) in [5.74, 6) is -0.526. The molecule has 1 saturated heterocycles. The van der Waals surface area contributed by atoms with Gasteiger partial charge in [-0.15, -0.1) is 0 Å². The fourth-order valence-electron chi connectivity index (χ4n) is 2.49. The van der Waals surface area contributed by atoms with Gasteiger partial charge in [-0.05, 0) is 38.8 Å². The van der Waals surface area contributed by atoms with E-state index in [0.717, 1.165) is 0 Å². The average molecular weight is 337 g/mol. The monoisotopic (exact) mass is 337 g/mol. The van der Waals surface area contributed by atoms with Crippen LogP contribution in [0.1, 0.15) is 37.2 Å². The van der Waals surface area contributed by atoms with Crippen LogP contribution in [0.4, 0.5) is 4.79 Å². The molecule has 1 aromatic heterocycles. The molecule has 1 aliphatic heterocycles. The number of likely N-dealkylation sites (tertiary alicyclic amines) is 1. The first-order chi connectivity index (χ1) is 11.5. The molecule has 1 atom stereocenters. The van der Waals surface area contributed by atoms with E-state index in [1.807, 2.05) is 0 Å². The lowest BCUT2D eigenvalue weighted by Gasteiger charge is -2.32. The number of amides is 3. The SMILES string of the molecule is CCOC(=O)N1CCC(NC(=O)[C@H](C)NC(=O)c2ccco2)CC1. The lowest BCUT2D eigenvalue weighted by Crippen LogP contribution is -2.51. The fourth-order valence-corrected chi connectivity index (χ4v) is 2.49. The van der Waals surface area contributed by atoms with Gasteiger partial charge in [-0.25, -0.2) is 4.79 Å². The lowest BCUT2D eigenvalue weighted by atomic mass is 10.0. The number of nitrogens with one attached hydrogen (secondary N) is 2. The number of rotatable bonds is 5. The number of nitrogens with zero attached hydrogens (tertiary/aromatic N) is 1. The topological polar surface area (TPSA) is 101 Å². The van der Waals surface area contributed by atoms with Crippen LogP contribution >= 0.6 is 0 Å². The van der Waals surface area contributed by atoms with Gasteiger partial charge >= 0.3 is 6.09 Å². The molecule has 132 valence electrons. The van der Waals surface area contributed by atoms with E-state index in [4.69, 9.17) is 9.15 Å². The van der Waals surface area contributed by atoms with Crippen LogP contribution in [0.5, 0.6) is 0 Å². The van der Waals surface area contributed by atoms with Gasteiger partial charge in [-0.2, -0.15) is 0 Å². The molecule has 8 nitrogen and oxygen atoms in total. The zero-order valence-electron chi connectivity index (χ0n) is 13.9. The third-order valence-electron chi connectivity index (χ3n) is 3.85. The van der Waals surface area contributed by atoms with E-state index in [0.29, 0.717) is 32.5 Å². The Morgan fingerprint density at radius 3 is 2.67 bits per heavy atom. The minimum atomic E-state index is -0.675. The van der Waals surface area contributed by atoms with Crippen LogP contribution in [-0.4, -0.2) is 54.6 Å². The maximum absolute atomic E-state index is 12.2. The van der Waals surface area contributed by atoms with Crippen LogP contribution in [-0.2, 0) is 9.53 Å². The number of ether oxygens (including phenoxy) is 1. The zero-order chi connectivity index (χ0) is 17.5. The van der Waals surface area contributed by atoms with Crippen molar-refractivity contribution in [1.82, 2.24) is 15.5 Å². The number of piperidine rings is 1. The average Bonchev–Trinajstić information content (AvgIpc) is 3.10. The van der Waals surface area contributed by atoms with Gasteiger partial charge in [0.2, 0.25) is 5.91 Å². The van der Waals surface area contributed by atoms with Crippen molar-refractivity contribution in [3.8, 4) is 0 Å². The third-order valence-corrected chi connectivity index (χ3v) is 3.85. The molecule has 0 bridgehead atoms. The van der Waals surface area contributed by atoms with Crippen LogP contribution in [0.3, 0.4) is 0 Å². The van der Waals surface area contributed by atoms with E-state index >= 15 is 0 Å². The van der Waals surface area contributed by atoms with Crippen molar-refractivity contribution < 1.29 is 23.5 Å². The van der Waals surface area contributed by atoms with Crippen LogP contribution in [0, 0.1) is 0 Å². The molecule has 0 saturated carbocycles. The molecule has 2 N–H and O–H groups in total. The first kappa shape index (κ1) is 17.8. The van der Waals surface area contributed by atoms with Gasteiger partial charge in [-0.3, -0.25) is 9.59 Å². The summed E-state index contributed by atoms with van der Waals surface area (Å²) >= 11 is 0. The minimum Gasteiger partial charge on any atom is -0.459 e. The maximum atomic E-state index is 12.2. The van der Waals surface area contributed by atoms with Crippen molar-refractivity contribution in [1.29, 1.82) is 0 Å². The summed E-state index contributed by atoms with van der Waals surface area (Å²) in [5, 5.41) is 5.48. The molecule has 0 aliphatic carbocycles. The van der Waals surface area contributed by atoms with Gasteiger partial charge in [0.05, 0.1) is 12.9 Å². The summed E-state index contributed by atoms with van der Waals surface area (Å²) in [7, 11) is 0. The summed E-state index contributed by atoms with van der Waals surface area (Å²) < 4.78 is 9.95. The molecule has 0 aromatic carbocycles. The Kier molecular flexibility index (Phi) is 6.22. The molecule has 0 unspecified atom stereocenters. The van der Waals surface area contributed by atoms with E-state index in [-0.39, 0.29) is 23.8 Å². The number of hydrogen-bond donors (Lipinski definition) is 2. The number of hydrogen-bond acceptors (Lipinski definition) is 5. The summed E-state index contributed by atoms with van der Waals surface area (Å²) in [6, 6.07) is 2.44. The number of carbonyl (C=O) groups excluding carboxylic acids is 3. The van der Waals surface area contributed by atoms with Gasteiger partial charge in [-0.1, -0.05) is 0 Å². The van der Waals surface area contributed by atoms with Crippen LogP contribution < -0.4 is 10.6 Å². The highest BCUT2D eigenvalue weighted by atomic mass is 16.6. The predicted octanol–water partition coefficient (Wildman–Crippen LogP) is 1.13. The molecule has 2 rings (SSSR count). The van der Waals surface area contributed by atoms with Gasteiger partial charge in [0.1, 0.15) is 6.04 Å². The summed E-state index contributed by atoms with van der Waals surface area (Å²) in [6.45, 7) is 4.81. The maximum Gasteiger partial charge on any atom is 0.409 e. The molecular weight excluding hydrogens is 314 g/mol. The highest BCUT2D eigenvalue weighted by Crippen LogP contribution is 2.11. The van der Waals surface area contributed by atoms with Crippen molar-refractivity contribution >= 4 is 17.9 Å². The van der Waals surface area contributed by atoms with E-state index < -0.39 is 11.9 Å². The Hall–Kier alpha value is -2.51. The Morgan fingerprint density at radius 1 is 1.38 bits per heavy atom. The Balaban J connectivity index is 1.74. The van der Waals surface area contributed by atoms with Crippen LogP contribution in [0.2, 0.25) is 0 Å². The quantitative estimate of drug-likeness (QED) is 0.839. The van der Waals surface area contributed by atoms with Gasteiger partial charge in [0, 0.05) is 19.1 Å². The summed E-state index contributed by atoms with van der Waals surface area (Å²) in [6.07, 6.45) is 2.39. The van der Waals surface area contributed by atoms with Crippen LogP contribution in [0.25, 0.3) is 0 Å². The molecule has 1 aromatic rings. The van der Waals surface area contributed by atoms with Crippen LogP contribution in [0.15, 0.2) is 22.8 Å². The van der Waals surface area contributed by atoms with E-state index in [2.05, 4.69) is 10.6 Å². The third kappa shape index (κ3) is 4.74. The molecular formula is C16H23N3O5. The van der Waals surface area contributed by atoms with E-state index in [1.54, 1.807) is 24.8 Å². The molecule has 3 amide bonds. The normalized spacial score (nSPS) is 16.3. The van der Waals surface area contributed by atoms with Gasteiger partial charge in [0.25, 0.3) is 5.91 Å². The second-order valence-corrected chi connectivity index (χ2v) is 5.64. The molecule has 1 aliphatic rings. The largest absolute Gasteiger partial charge is 0.459 e. The fraction of sp³-hybridized carbons (Fsp3) is 0.562. The van der Waals surface area contributed by atoms with E-state index in [1.165, 1.54) is 12.3 Å². The second kappa shape index (κ2) is 8.37. The number of furan rings is 1. The minimum absolute atomic E-state index is 0.0221. The smallest absolute Gasteiger partial charge is 0.409 e. The molecule has 24 heavy (non-hydrogen) atoms. The Labute approximate surface area is 140 Å². The van der Waals surface area contributed by atoms with E-state index in [9.17, 15) is 14.4 Å². The highest BCUT2D eigenvalue weighted by Gasteiger charge is 2.26. The number of carbonyl (C=O) groups is 3. The second-order valence-electron chi connectivity index (χ2n) is 5.64. The first-order valence-electron chi connectivity index (χ1n) is 8.07. The Morgan fingerprint density at radius 2 is 2.08 bits per heavy atom. The molecule has 2 heterocycles. The molecule has 0 radical (unpaired) electrons. The van der Waals surface area contributed by atoms with Crippen molar-refractivity contribution in [2.24, 2.45) is 0 Å². The van der Waals surface area contributed by atoms with Gasteiger partial charge in [0.15, 0.2) is 5.76 Å². The first-order valence-corrected chi connectivity index (χ1v) is 8.07. The van der Waals surface area contributed by atoms with Crippen molar-refractivity contribution in [3.63, 3.8) is 0 Å². The van der Waals surface area contributed by atoms with Crippen molar-refractivity contribution in [3.05, 3.63) is 24.2 Å². The molecule has 1 fully saturated rings. The Bertz CT molecular complexity index is 564. The standard InChI is InChI=1S/C16H23N3O5/c1-3-23-16(22)19-8-6-12(7-9-19)18-14(20)11(2)17-15(21)13-5-4-10-24-13/h4-5,10-12H,3,6-9H2,1-2H3,(H,17,21)(H,18,20)/t11-/m0/s1. The molecule has 8 heteroatoms. The highest BCUT2D eigenvalue weighted by molar-refractivity contribution is 5.95. The summed E-state index contributed by atoms with van der Waals surface area (Å²) in [5.41, 5.74) is 0. The van der Waals surface area contributed by atoms with Crippen molar-refractivity contribution in [2.75, 3.05) is 19.7 Å². The zero-order valence-corrected chi connectivity index (χ0v) is 13.9. The van der Waals surface area contributed by atoms with Gasteiger partial charge < -0.3 is 24.7 Å². The predicted molar refractivity (Wildman–Crippen MR) is 85.4 cm³/mol. The lowest BCUT2D eigenvalue weighted by molar-refractivity contribution is -0.123. The molecule has 0 spiro atoms.